The molecule has 0 atom stereocenters. The molecule has 1 aliphatic carbocycles. The first kappa shape index (κ1) is 12.5. The van der Waals surface area contributed by atoms with Crippen molar-refractivity contribution < 1.29 is 64.3 Å². The molecule has 1 nitrogen and oxygen atoms in total. The number of likely N-dealkylation sites (tertiary alicyclic amines) is 1. The summed E-state index contributed by atoms with van der Waals surface area (Å²) in [7, 11) is 0. The minimum Gasteiger partial charge on any atom is -0.448 e. The van der Waals surface area contributed by atoms with Crippen LogP contribution in [0.15, 0.2) is 0 Å². The zero-order valence-corrected chi connectivity index (χ0v) is 11.0. The normalized spacial score (nSPS) is 26.1. The maximum absolute atomic E-state index is 12.0. The van der Waals surface area contributed by atoms with Crippen molar-refractivity contribution in [2.75, 3.05) is 19.5 Å². The Morgan fingerprint density at radius 2 is 1.77 bits per heavy atom. The number of hydrogen-bond donors (Lipinski definition) is 0. The zero-order valence-electron chi connectivity index (χ0n) is 7.90. The van der Waals surface area contributed by atoms with Crippen molar-refractivity contribution in [1.82, 2.24) is 4.90 Å². The molecule has 1 aliphatic heterocycles. The third-order valence-electron chi connectivity index (χ3n) is 2.94. The Morgan fingerprint density at radius 1 is 1.15 bits per heavy atom. The van der Waals surface area contributed by atoms with E-state index in [2.05, 4.69) is 0 Å². The van der Waals surface area contributed by atoms with Crippen LogP contribution in [0, 0.1) is 5.41 Å². The van der Waals surface area contributed by atoms with Crippen LogP contribution in [0.2, 0.25) is 0 Å². The van der Waals surface area contributed by atoms with Gasteiger partial charge in [-0.1, -0.05) is 0 Å². The molecular formula is C7H12BF3KN. The van der Waals surface area contributed by atoms with Crippen molar-refractivity contribution in [3.05, 3.63) is 0 Å². The Bertz CT molecular complexity index is 193. The molecule has 1 spiro atoms. The van der Waals surface area contributed by atoms with Crippen molar-refractivity contribution in [3.8, 4) is 0 Å². The number of rotatable bonds is 2. The van der Waals surface area contributed by atoms with Gasteiger partial charge in [-0.15, -0.1) is 0 Å². The van der Waals surface area contributed by atoms with E-state index in [1.165, 1.54) is 0 Å². The van der Waals surface area contributed by atoms with Crippen LogP contribution >= 0.6 is 0 Å². The average Bonchev–Trinajstić information content (AvgIpc) is 2.49. The van der Waals surface area contributed by atoms with Crippen LogP contribution in [0.1, 0.15) is 19.3 Å². The molecule has 2 fully saturated rings. The fourth-order valence-electron chi connectivity index (χ4n) is 2.06. The fourth-order valence-corrected chi connectivity index (χ4v) is 2.06. The van der Waals surface area contributed by atoms with Crippen LogP contribution in [0.25, 0.3) is 0 Å². The maximum atomic E-state index is 12.0. The first-order chi connectivity index (χ1) is 5.49. The number of hydrogen-bond acceptors (Lipinski definition) is 1. The molecule has 13 heavy (non-hydrogen) atoms. The minimum absolute atomic E-state index is 0. The zero-order chi connectivity index (χ0) is 8.82. The second kappa shape index (κ2) is 4.14. The molecule has 0 unspecified atom stereocenters. The third kappa shape index (κ3) is 3.50. The van der Waals surface area contributed by atoms with Gasteiger partial charge < -0.3 is 17.8 Å². The molecule has 70 valence electrons. The van der Waals surface area contributed by atoms with Crippen LogP contribution in [-0.2, 0) is 0 Å². The summed E-state index contributed by atoms with van der Waals surface area (Å²) in [4.78, 5) is 1.56. The standard InChI is InChI=1S/C7H12BF3N.K/c9-8(10,11)6-12-4-3-7(5-12)1-2-7;/h1-6H2;/q-1;+1. The molecular weight excluding hydrogens is 205 g/mol. The van der Waals surface area contributed by atoms with E-state index in [9.17, 15) is 12.9 Å². The summed E-state index contributed by atoms with van der Waals surface area (Å²) in [5, 5.41) is 0. The Hall–Kier alpha value is 1.45. The van der Waals surface area contributed by atoms with Gasteiger partial charge in [-0.3, -0.25) is 0 Å². The van der Waals surface area contributed by atoms with Crippen molar-refractivity contribution in [2.24, 2.45) is 5.41 Å². The van der Waals surface area contributed by atoms with E-state index in [4.69, 9.17) is 0 Å². The molecule has 1 saturated heterocycles. The van der Waals surface area contributed by atoms with E-state index in [0.29, 0.717) is 18.5 Å². The second-order valence-electron chi connectivity index (χ2n) is 4.20. The SMILES string of the molecule is F[B-](F)(F)CN1CCC2(CC2)C1.[K+]. The van der Waals surface area contributed by atoms with E-state index in [-0.39, 0.29) is 51.4 Å². The monoisotopic (exact) mass is 217 g/mol. The van der Waals surface area contributed by atoms with Crippen molar-refractivity contribution >= 4 is 6.98 Å². The van der Waals surface area contributed by atoms with E-state index >= 15 is 0 Å². The first-order valence-corrected chi connectivity index (χ1v) is 4.43. The summed E-state index contributed by atoms with van der Waals surface area (Å²) in [5.74, 6) is 0. The van der Waals surface area contributed by atoms with Crippen LogP contribution in [0.5, 0.6) is 0 Å². The van der Waals surface area contributed by atoms with Gasteiger partial charge in [0, 0.05) is 6.54 Å². The van der Waals surface area contributed by atoms with Gasteiger partial charge in [-0.25, -0.2) is 0 Å². The largest absolute Gasteiger partial charge is 1.00 e. The van der Waals surface area contributed by atoms with Gasteiger partial charge >= 0.3 is 58.4 Å². The van der Waals surface area contributed by atoms with Crippen LogP contribution in [0.4, 0.5) is 12.9 Å². The van der Waals surface area contributed by atoms with Crippen molar-refractivity contribution in [1.29, 1.82) is 0 Å². The molecule has 0 aromatic rings. The van der Waals surface area contributed by atoms with Crippen molar-refractivity contribution in [2.45, 2.75) is 19.3 Å². The molecule has 1 heterocycles. The van der Waals surface area contributed by atoms with Crippen molar-refractivity contribution in [3.63, 3.8) is 0 Å². The Kier molecular flexibility index (Phi) is 3.98. The summed E-state index contributed by atoms with van der Waals surface area (Å²) in [5.41, 5.74) is 0.321. The predicted molar refractivity (Wildman–Crippen MR) is 41.8 cm³/mol. The van der Waals surface area contributed by atoms with Crippen LogP contribution in [-0.4, -0.2) is 31.4 Å². The quantitative estimate of drug-likeness (QED) is 0.529. The molecule has 6 heteroatoms. The molecule has 2 rings (SSSR count). The third-order valence-corrected chi connectivity index (χ3v) is 2.94. The van der Waals surface area contributed by atoms with Gasteiger partial charge in [0.25, 0.3) is 0 Å². The summed E-state index contributed by atoms with van der Waals surface area (Å²) >= 11 is 0. The molecule has 0 N–H and O–H groups in total. The summed E-state index contributed by atoms with van der Waals surface area (Å²) < 4.78 is 36.0. The first-order valence-electron chi connectivity index (χ1n) is 4.43. The van der Waals surface area contributed by atoms with Crippen LogP contribution in [0.3, 0.4) is 0 Å². The number of halogens is 3. The summed E-state index contributed by atoms with van der Waals surface area (Å²) in [6, 6.07) is 0. The molecule has 0 bridgehead atoms. The Balaban J connectivity index is 0.000000845. The van der Waals surface area contributed by atoms with Gasteiger partial charge in [-0.2, -0.15) is 0 Å². The van der Waals surface area contributed by atoms with Gasteiger partial charge in [0.15, 0.2) is 0 Å². The second-order valence-corrected chi connectivity index (χ2v) is 4.20. The molecule has 2 aliphatic rings. The molecule has 1 saturated carbocycles. The van der Waals surface area contributed by atoms with Gasteiger partial charge in [-0.05, 0) is 37.7 Å². The fraction of sp³-hybridized carbons (Fsp3) is 1.00. The minimum atomic E-state index is -4.61. The van der Waals surface area contributed by atoms with E-state index < -0.39 is 13.4 Å². The molecule has 0 aromatic heterocycles. The van der Waals surface area contributed by atoms with Gasteiger partial charge in [0.05, 0.1) is 0 Å². The maximum Gasteiger partial charge on any atom is 1.00 e. The van der Waals surface area contributed by atoms with E-state index in [0.717, 1.165) is 19.3 Å². The van der Waals surface area contributed by atoms with E-state index in [1.807, 2.05) is 0 Å². The topological polar surface area (TPSA) is 3.24 Å². The molecule has 0 aromatic carbocycles. The number of nitrogens with zero attached hydrogens (tertiary/aromatic N) is 1. The molecule has 0 radical (unpaired) electrons. The summed E-state index contributed by atoms with van der Waals surface area (Å²) in [6.45, 7) is -3.26. The molecule has 0 amide bonds. The Labute approximate surface area is 119 Å². The van der Waals surface area contributed by atoms with Gasteiger partial charge in [0.1, 0.15) is 0 Å². The summed E-state index contributed by atoms with van der Waals surface area (Å²) in [6.07, 6.45) is 2.63. The van der Waals surface area contributed by atoms with Gasteiger partial charge in [0.2, 0.25) is 0 Å². The van der Waals surface area contributed by atoms with Crippen LogP contribution < -0.4 is 51.4 Å². The smallest absolute Gasteiger partial charge is 0.448 e. The van der Waals surface area contributed by atoms with E-state index in [1.54, 1.807) is 4.90 Å². The predicted octanol–water partition coefficient (Wildman–Crippen LogP) is -1.14. The Morgan fingerprint density at radius 3 is 2.15 bits per heavy atom. The average molecular weight is 217 g/mol.